The first-order chi connectivity index (χ1) is 6.95. The Labute approximate surface area is 121 Å². The Kier molecular flexibility index (Phi) is 6.02. The molecule has 0 amide bonds. The van der Waals surface area contributed by atoms with Crippen LogP contribution in [-0.4, -0.2) is 26.1 Å². The molecule has 0 saturated carbocycles. The van der Waals surface area contributed by atoms with Crippen LogP contribution in [0.15, 0.2) is 0 Å². The van der Waals surface area contributed by atoms with Gasteiger partial charge in [0.05, 0.1) is 0 Å². The van der Waals surface area contributed by atoms with E-state index in [-0.39, 0.29) is 11.6 Å². The average Bonchev–Trinajstić information content (AvgIpc) is 2.20. The van der Waals surface area contributed by atoms with Crippen LogP contribution in [-0.2, 0) is 14.5 Å². The van der Waals surface area contributed by atoms with Gasteiger partial charge in [0.2, 0.25) is 0 Å². The lowest BCUT2D eigenvalue weighted by Gasteiger charge is -2.47. The summed E-state index contributed by atoms with van der Waals surface area (Å²) in [4.78, 5) is 10.7. The molecule has 1 aliphatic heterocycles. The van der Waals surface area contributed by atoms with Crippen molar-refractivity contribution in [2.45, 2.75) is 43.9 Å². The third kappa shape index (κ3) is 3.61. The normalized spacial score (nSPS) is 35.4. The molecule has 0 spiro atoms. The maximum absolute atomic E-state index is 5.95. The fourth-order valence-electron chi connectivity index (χ4n) is 1.18. The monoisotopic (exact) mass is 458 g/mol. The Morgan fingerprint density at radius 1 is 1.33 bits per heavy atom. The van der Waals surface area contributed by atoms with Gasteiger partial charge in [-0.2, -0.15) is 0 Å². The standard InChI is InChI=1S/C9H17I2O3P/c1-8(2)9(15,6-11)12-7(13-14-8)4-3-5-10/h7H,3-6,15H2,1-2H3. The molecule has 1 rings (SSSR count). The molecule has 0 bridgehead atoms. The second kappa shape index (κ2) is 6.09. The van der Waals surface area contributed by atoms with Crippen molar-refractivity contribution in [3.63, 3.8) is 0 Å². The Morgan fingerprint density at radius 3 is 2.53 bits per heavy atom. The van der Waals surface area contributed by atoms with Gasteiger partial charge in [-0.05, 0) is 24.7 Å². The van der Waals surface area contributed by atoms with E-state index in [1.807, 2.05) is 13.8 Å². The summed E-state index contributed by atoms with van der Waals surface area (Å²) in [5, 5.41) is -0.359. The SMILES string of the molecule is CC1(C)OOC(CCCI)OC1(P)CI. The quantitative estimate of drug-likeness (QED) is 0.280. The van der Waals surface area contributed by atoms with Crippen LogP contribution in [0.5, 0.6) is 0 Å². The molecule has 0 aliphatic carbocycles. The summed E-state index contributed by atoms with van der Waals surface area (Å²) in [6.07, 6.45) is 1.73. The van der Waals surface area contributed by atoms with Gasteiger partial charge in [-0.15, -0.1) is 0 Å². The minimum Gasteiger partial charge on any atom is -0.335 e. The third-order valence-electron chi connectivity index (χ3n) is 2.50. The number of rotatable bonds is 4. The molecule has 1 fully saturated rings. The lowest BCUT2D eigenvalue weighted by Crippen LogP contribution is -2.57. The van der Waals surface area contributed by atoms with Crippen molar-refractivity contribution < 1.29 is 14.5 Å². The van der Waals surface area contributed by atoms with Gasteiger partial charge in [0, 0.05) is 10.8 Å². The maximum atomic E-state index is 5.95. The van der Waals surface area contributed by atoms with Crippen molar-refractivity contribution >= 4 is 54.4 Å². The smallest absolute Gasteiger partial charge is 0.192 e. The first kappa shape index (κ1) is 14.8. The van der Waals surface area contributed by atoms with E-state index in [1.54, 1.807) is 0 Å². The molecule has 1 aliphatic rings. The highest BCUT2D eigenvalue weighted by Crippen LogP contribution is 2.42. The van der Waals surface area contributed by atoms with E-state index < -0.39 is 5.60 Å². The summed E-state index contributed by atoms with van der Waals surface area (Å²) >= 11 is 4.66. The summed E-state index contributed by atoms with van der Waals surface area (Å²) in [7, 11) is 2.76. The van der Waals surface area contributed by atoms with E-state index in [4.69, 9.17) is 14.5 Å². The van der Waals surface area contributed by atoms with E-state index in [2.05, 4.69) is 54.4 Å². The van der Waals surface area contributed by atoms with Crippen molar-refractivity contribution in [1.82, 2.24) is 0 Å². The molecule has 3 atom stereocenters. The van der Waals surface area contributed by atoms with Gasteiger partial charge in [-0.1, -0.05) is 54.4 Å². The molecule has 3 nitrogen and oxygen atoms in total. The van der Waals surface area contributed by atoms with Crippen molar-refractivity contribution in [3.05, 3.63) is 0 Å². The number of hydrogen-bond acceptors (Lipinski definition) is 3. The Morgan fingerprint density at radius 2 is 2.00 bits per heavy atom. The average molecular weight is 458 g/mol. The van der Waals surface area contributed by atoms with E-state index in [0.717, 1.165) is 21.7 Å². The molecular formula is C9H17I2O3P. The molecule has 1 heterocycles. The van der Waals surface area contributed by atoms with Crippen molar-refractivity contribution in [2.24, 2.45) is 0 Å². The molecule has 0 N–H and O–H groups in total. The van der Waals surface area contributed by atoms with Crippen molar-refractivity contribution in [1.29, 1.82) is 0 Å². The molecule has 6 heteroatoms. The molecule has 1 saturated heterocycles. The van der Waals surface area contributed by atoms with Crippen LogP contribution in [0, 0.1) is 0 Å². The fourth-order valence-corrected chi connectivity index (χ4v) is 2.92. The fraction of sp³-hybridized carbons (Fsp3) is 1.00. The van der Waals surface area contributed by atoms with Gasteiger partial charge in [0.15, 0.2) is 6.29 Å². The molecule has 0 aromatic heterocycles. The van der Waals surface area contributed by atoms with Crippen LogP contribution in [0.4, 0.5) is 0 Å². The molecule has 0 radical (unpaired) electrons. The van der Waals surface area contributed by atoms with Gasteiger partial charge in [-0.25, -0.2) is 9.78 Å². The number of alkyl halides is 2. The molecule has 15 heavy (non-hydrogen) atoms. The van der Waals surface area contributed by atoms with Gasteiger partial charge >= 0.3 is 0 Å². The van der Waals surface area contributed by atoms with Crippen molar-refractivity contribution in [3.8, 4) is 0 Å². The number of hydrogen-bond donors (Lipinski definition) is 0. The number of halogens is 2. The van der Waals surface area contributed by atoms with Gasteiger partial charge in [0.25, 0.3) is 0 Å². The molecule has 90 valence electrons. The first-order valence-corrected chi connectivity index (χ1v) is 8.51. The van der Waals surface area contributed by atoms with Crippen LogP contribution in [0.25, 0.3) is 0 Å². The lowest BCUT2D eigenvalue weighted by molar-refractivity contribution is -0.486. The zero-order chi connectivity index (χ0) is 11.5. The summed E-state index contributed by atoms with van der Waals surface area (Å²) in [6.45, 7) is 3.96. The van der Waals surface area contributed by atoms with Gasteiger partial charge in [-0.3, -0.25) is 0 Å². The predicted octanol–water partition coefficient (Wildman–Crippen LogP) is 3.29. The highest BCUT2D eigenvalue weighted by atomic mass is 127. The molecular weight excluding hydrogens is 441 g/mol. The van der Waals surface area contributed by atoms with Crippen LogP contribution in [0.3, 0.4) is 0 Å². The minimum atomic E-state index is -0.431. The Bertz CT molecular complexity index is 216. The Hall–Kier alpha value is 1.77. The third-order valence-corrected chi connectivity index (χ3v) is 6.26. The Balaban J connectivity index is 2.59. The van der Waals surface area contributed by atoms with Gasteiger partial charge < -0.3 is 4.74 Å². The molecule has 3 unspecified atom stereocenters. The summed E-state index contributed by atoms with van der Waals surface area (Å²) < 4.78 is 7.91. The van der Waals surface area contributed by atoms with Crippen LogP contribution in [0.2, 0.25) is 0 Å². The van der Waals surface area contributed by atoms with E-state index >= 15 is 0 Å². The summed E-state index contributed by atoms with van der Waals surface area (Å²) in [6, 6.07) is 0. The molecule has 0 aromatic carbocycles. The largest absolute Gasteiger partial charge is 0.335 e. The van der Waals surface area contributed by atoms with Gasteiger partial charge in [0.1, 0.15) is 10.9 Å². The van der Waals surface area contributed by atoms with E-state index in [0.29, 0.717) is 0 Å². The summed E-state index contributed by atoms with van der Waals surface area (Å²) in [5.74, 6) is 0. The van der Waals surface area contributed by atoms with E-state index in [1.165, 1.54) is 0 Å². The second-order valence-corrected chi connectivity index (χ2v) is 6.87. The highest BCUT2D eigenvalue weighted by molar-refractivity contribution is 14.1. The zero-order valence-electron chi connectivity index (χ0n) is 8.96. The minimum absolute atomic E-state index is 0.236. The summed E-state index contributed by atoms with van der Waals surface area (Å²) in [5.41, 5.74) is -0.431. The highest BCUT2D eigenvalue weighted by Gasteiger charge is 2.49. The number of ether oxygens (including phenoxy) is 1. The van der Waals surface area contributed by atoms with Crippen LogP contribution < -0.4 is 0 Å². The van der Waals surface area contributed by atoms with Crippen LogP contribution >= 0.6 is 54.4 Å². The topological polar surface area (TPSA) is 27.7 Å². The predicted molar refractivity (Wildman–Crippen MR) is 80.6 cm³/mol. The second-order valence-electron chi connectivity index (χ2n) is 4.09. The van der Waals surface area contributed by atoms with E-state index in [9.17, 15) is 0 Å². The zero-order valence-corrected chi connectivity index (χ0v) is 14.4. The van der Waals surface area contributed by atoms with Crippen molar-refractivity contribution in [2.75, 3.05) is 8.86 Å². The maximum Gasteiger partial charge on any atom is 0.192 e. The lowest BCUT2D eigenvalue weighted by atomic mass is 10.0. The first-order valence-electron chi connectivity index (χ1n) is 4.88. The van der Waals surface area contributed by atoms with Crippen LogP contribution in [0.1, 0.15) is 26.7 Å². The molecule has 0 aromatic rings.